The molecule has 2 heterocycles. The molecule has 2 aromatic carbocycles. The molecule has 61 heavy (non-hydrogen) atoms. The second-order valence-electron chi connectivity index (χ2n) is 16.2. The van der Waals surface area contributed by atoms with Gasteiger partial charge < -0.3 is 58.7 Å². The van der Waals surface area contributed by atoms with Crippen molar-refractivity contribution in [2.45, 2.75) is 39.3 Å². The third-order valence-electron chi connectivity index (χ3n) is 8.28. The molecule has 3 N–H and O–H groups in total. The average molecular weight is 950 g/mol. The van der Waals surface area contributed by atoms with Gasteiger partial charge in [0.25, 0.3) is 0 Å². The van der Waals surface area contributed by atoms with Crippen LogP contribution in [-0.4, -0.2) is 174 Å². The van der Waals surface area contributed by atoms with Crippen molar-refractivity contribution in [2.75, 3.05) is 163 Å². The molecular weight excluding hydrogens is 873 g/mol. The summed E-state index contributed by atoms with van der Waals surface area (Å²) in [5.74, 6) is 6.52. The molecule has 2 aromatic rings. The third kappa shape index (κ3) is 34.9. The maximum Gasteiger partial charge on any atom is 0.129 e. The monoisotopic (exact) mass is 948 g/mol. The lowest BCUT2D eigenvalue weighted by Crippen LogP contribution is -2.32. The largest absolute Gasteiger partial charge is 0.378 e. The molecular formula is C46H77BrN4O8Si2. The van der Waals surface area contributed by atoms with E-state index in [9.17, 15) is 0 Å². The van der Waals surface area contributed by atoms with Gasteiger partial charge in [-0.25, -0.2) is 0 Å². The first-order valence-electron chi connectivity index (χ1n) is 21.9. The number of hydrogen-bond donors (Lipinski definition) is 3. The lowest BCUT2D eigenvalue weighted by molar-refractivity contribution is 0.0383. The van der Waals surface area contributed by atoms with Gasteiger partial charge in [-0.3, -0.25) is 0 Å². The van der Waals surface area contributed by atoms with Gasteiger partial charge >= 0.3 is 0 Å². The highest BCUT2D eigenvalue weighted by Crippen LogP contribution is 2.15. The Hall–Kier alpha value is -2.17. The summed E-state index contributed by atoms with van der Waals surface area (Å²) in [5, 5.41) is 9.78. The van der Waals surface area contributed by atoms with Gasteiger partial charge in [-0.1, -0.05) is 67.1 Å². The van der Waals surface area contributed by atoms with Crippen LogP contribution >= 0.6 is 15.9 Å². The molecule has 0 atom stereocenters. The molecule has 0 spiro atoms. The zero-order valence-corrected chi connectivity index (χ0v) is 41.8. The van der Waals surface area contributed by atoms with E-state index < -0.39 is 16.1 Å². The van der Waals surface area contributed by atoms with Gasteiger partial charge in [0, 0.05) is 73.6 Å². The van der Waals surface area contributed by atoms with E-state index in [4.69, 9.17) is 37.9 Å². The summed E-state index contributed by atoms with van der Waals surface area (Å²) in [6.07, 6.45) is 0. The van der Waals surface area contributed by atoms with Gasteiger partial charge in [-0.05, 0) is 48.5 Å². The third-order valence-corrected chi connectivity index (χ3v) is 10.6. The predicted molar refractivity (Wildman–Crippen MR) is 258 cm³/mol. The molecule has 0 aromatic heterocycles. The number of benzene rings is 2. The first-order chi connectivity index (χ1) is 29.5. The van der Waals surface area contributed by atoms with E-state index in [1.165, 1.54) is 0 Å². The minimum Gasteiger partial charge on any atom is -0.378 e. The van der Waals surface area contributed by atoms with Crippen molar-refractivity contribution < 1.29 is 37.9 Å². The Kier molecular flexibility index (Phi) is 32.6. The fourth-order valence-electron chi connectivity index (χ4n) is 5.06. The maximum absolute atomic E-state index is 5.76. The molecule has 2 saturated heterocycles. The second-order valence-corrected chi connectivity index (χ2v) is 26.6. The number of nitrogens with one attached hydrogen (secondary N) is 3. The number of nitrogens with zero attached hydrogens (tertiary/aromatic N) is 1. The van der Waals surface area contributed by atoms with Crippen LogP contribution in [0, 0.1) is 22.9 Å². The second kappa shape index (κ2) is 36.2. The van der Waals surface area contributed by atoms with Gasteiger partial charge in [0.1, 0.15) is 16.1 Å². The Balaban J connectivity index is 0.000000349. The van der Waals surface area contributed by atoms with Crippen molar-refractivity contribution in [2.24, 2.45) is 0 Å². The van der Waals surface area contributed by atoms with Crippen molar-refractivity contribution in [3.63, 3.8) is 0 Å². The molecule has 15 heteroatoms. The topological polar surface area (TPSA) is 113 Å². The molecule has 4 rings (SSSR count). The van der Waals surface area contributed by atoms with Crippen molar-refractivity contribution >= 4 is 37.8 Å². The zero-order chi connectivity index (χ0) is 44.1. The van der Waals surface area contributed by atoms with Crippen molar-refractivity contribution in [3.05, 3.63) is 64.1 Å². The van der Waals surface area contributed by atoms with E-state index in [0.29, 0.717) is 106 Å². The number of anilines is 1. The van der Waals surface area contributed by atoms with Gasteiger partial charge in [-0.15, -0.1) is 11.1 Å². The molecule has 12 nitrogen and oxygen atoms in total. The first-order valence-corrected chi connectivity index (χ1v) is 29.7. The van der Waals surface area contributed by atoms with Crippen LogP contribution in [0.5, 0.6) is 0 Å². The highest BCUT2D eigenvalue weighted by Gasteiger charge is 2.10. The van der Waals surface area contributed by atoms with E-state index >= 15 is 0 Å². The molecule has 0 aliphatic carbocycles. The van der Waals surface area contributed by atoms with Crippen molar-refractivity contribution in [3.8, 4) is 22.9 Å². The molecule has 344 valence electrons. The standard InChI is InChI=1S/C23H38N2O4Si.C12H26N2O4.C11H13BrSi/c1-30(2,3)21-8-22-4-6-23(7-5-22)25-11-15-28-19-17-26-13-9-24-10-14-27-18-20-29-16-12-25;1-5-15-9-10-17-7-3-14-4-8-18-12-11-16-6-2-13-1;1-13(2,3)9-8-10-4-6-11(12)7-5-10/h4-7,24H,9-20H2,1-3H3;13-14H,1-12H2;4-7H,1-3H3. The quantitative estimate of drug-likeness (QED) is 0.255. The summed E-state index contributed by atoms with van der Waals surface area (Å²) in [6, 6.07) is 16.6. The summed E-state index contributed by atoms with van der Waals surface area (Å²) in [7, 11) is -2.59. The van der Waals surface area contributed by atoms with Crippen LogP contribution in [0.15, 0.2) is 53.0 Å². The van der Waals surface area contributed by atoms with Gasteiger partial charge in [0.05, 0.1) is 106 Å². The van der Waals surface area contributed by atoms with Crippen LogP contribution in [0.25, 0.3) is 0 Å². The summed E-state index contributed by atoms with van der Waals surface area (Å²) in [5.41, 5.74) is 10.1. The molecule has 2 aliphatic heterocycles. The number of halogens is 1. The summed E-state index contributed by atoms with van der Waals surface area (Å²) >= 11 is 3.40. The Morgan fingerprint density at radius 3 is 0.984 bits per heavy atom. The van der Waals surface area contributed by atoms with Crippen LogP contribution < -0.4 is 20.9 Å². The summed E-state index contributed by atoms with van der Waals surface area (Å²) in [4.78, 5) is 2.30. The van der Waals surface area contributed by atoms with Crippen molar-refractivity contribution in [1.82, 2.24) is 16.0 Å². The average Bonchev–Trinajstić information content (AvgIpc) is 3.23. The minimum absolute atomic E-state index is 0.610. The molecule has 0 bridgehead atoms. The Labute approximate surface area is 379 Å². The Morgan fingerprint density at radius 1 is 0.410 bits per heavy atom. The maximum atomic E-state index is 5.76. The van der Waals surface area contributed by atoms with Gasteiger partial charge in [-0.2, -0.15) is 0 Å². The molecule has 0 unspecified atom stereocenters. The lowest BCUT2D eigenvalue weighted by Gasteiger charge is -2.25. The van der Waals surface area contributed by atoms with E-state index in [2.05, 4.69) is 123 Å². The number of ether oxygens (including phenoxy) is 8. The highest BCUT2D eigenvalue weighted by atomic mass is 79.9. The lowest BCUT2D eigenvalue weighted by atomic mass is 10.2. The molecule has 2 fully saturated rings. The molecule has 0 radical (unpaired) electrons. The smallest absolute Gasteiger partial charge is 0.129 e. The molecule has 2 aliphatic rings. The van der Waals surface area contributed by atoms with Crippen LogP contribution in [0.3, 0.4) is 0 Å². The Morgan fingerprint density at radius 2 is 0.689 bits per heavy atom. The first kappa shape index (κ1) is 55.0. The van der Waals surface area contributed by atoms with E-state index in [1.807, 2.05) is 24.3 Å². The fraction of sp³-hybridized carbons (Fsp3) is 0.652. The number of rotatable bonds is 1. The van der Waals surface area contributed by atoms with Crippen LogP contribution in [-0.2, 0) is 37.9 Å². The van der Waals surface area contributed by atoms with E-state index in [-0.39, 0.29) is 0 Å². The Bertz CT molecular complexity index is 1380. The zero-order valence-electron chi connectivity index (χ0n) is 38.2. The SMILES string of the molecule is C1COCCOCCNCCOCCOCCN1.C[Si](C)(C)C#Cc1ccc(Br)cc1.C[Si](C)(C)C#Cc1ccc(N2CCOCCOCCNCCOCCOCC2)cc1. The fourth-order valence-corrected chi connectivity index (χ4v) is 6.36. The van der Waals surface area contributed by atoms with E-state index in [1.54, 1.807) is 0 Å². The summed E-state index contributed by atoms with van der Waals surface area (Å²) < 4.78 is 45.4. The normalized spacial score (nSPS) is 18.8. The molecule has 0 amide bonds. The highest BCUT2D eigenvalue weighted by molar-refractivity contribution is 9.10. The minimum atomic E-state index is -1.37. The van der Waals surface area contributed by atoms with Crippen molar-refractivity contribution in [1.29, 1.82) is 0 Å². The van der Waals surface area contributed by atoms with Crippen LogP contribution in [0.4, 0.5) is 5.69 Å². The van der Waals surface area contributed by atoms with Gasteiger partial charge in [0.15, 0.2) is 0 Å². The predicted octanol–water partition coefficient (Wildman–Crippen LogP) is 5.32. The van der Waals surface area contributed by atoms with Gasteiger partial charge in [0.2, 0.25) is 0 Å². The number of hydrogen-bond acceptors (Lipinski definition) is 12. The summed E-state index contributed by atoms with van der Waals surface area (Å²) in [6.45, 7) is 30.8. The molecule has 0 saturated carbocycles. The van der Waals surface area contributed by atoms with E-state index in [0.717, 1.165) is 73.6 Å². The van der Waals surface area contributed by atoms with Crippen LogP contribution in [0.1, 0.15) is 11.1 Å². The van der Waals surface area contributed by atoms with Crippen LogP contribution in [0.2, 0.25) is 39.3 Å².